The van der Waals surface area contributed by atoms with E-state index < -0.39 is 0 Å². The van der Waals surface area contributed by atoms with E-state index >= 15 is 0 Å². The van der Waals surface area contributed by atoms with Gasteiger partial charge in [0.25, 0.3) is 0 Å². The minimum Gasteiger partial charge on any atom is -1.00 e. The van der Waals surface area contributed by atoms with Crippen molar-refractivity contribution in [3.05, 3.63) is 71.8 Å². The molecule has 0 aliphatic carbocycles. The number of halogens is 1. The van der Waals surface area contributed by atoms with E-state index in [1.165, 1.54) is 32.9 Å². The highest BCUT2D eigenvalue weighted by Gasteiger charge is 2.09. The third kappa shape index (κ3) is 4.25. The van der Waals surface area contributed by atoms with E-state index in [1.807, 2.05) is 12.1 Å². The monoisotopic (exact) mass is 423 g/mol. The molecule has 158 valence electrons. The molecule has 0 aliphatic rings. The third-order valence-electron chi connectivity index (χ3n) is 5.52. The van der Waals surface area contributed by atoms with Crippen molar-refractivity contribution in [1.82, 2.24) is 9.88 Å². The minimum atomic E-state index is 0. The van der Waals surface area contributed by atoms with Crippen LogP contribution in [0.1, 0.15) is 18.1 Å². The van der Waals surface area contributed by atoms with E-state index in [-0.39, 0.29) is 12.4 Å². The lowest BCUT2D eigenvalue weighted by atomic mass is 10.1. The first-order valence-electron chi connectivity index (χ1n) is 10.2. The van der Waals surface area contributed by atoms with E-state index in [2.05, 4.69) is 65.3 Å². The second-order valence-corrected chi connectivity index (χ2v) is 7.23. The molecule has 0 atom stereocenters. The second-order valence-electron chi connectivity index (χ2n) is 7.23. The van der Waals surface area contributed by atoms with Crippen LogP contribution in [0, 0.1) is 0 Å². The number of hydrogen-bond donors (Lipinski definition) is 1. The lowest BCUT2D eigenvalue weighted by Gasteiger charge is -2.10. The Morgan fingerprint density at radius 3 is 2.30 bits per heavy atom. The number of aromatic nitrogens is 1. The molecule has 0 unspecified atom stereocenters. The summed E-state index contributed by atoms with van der Waals surface area (Å²) in [6, 6.07) is 21.6. The quantitative estimate of drug-likeness (QED) is 0.441. The second kappa shape index (κ2) is 9.88. The fourth-order valence-corrected chi connectivity index (χ4v) is 4.05. The van der Waals surface area contributed by atoms with Crippen molar-refractivity contribution in [2.24, 2.45) is 0 Å². The van der Waals surface area contributed by atoms with E-state index in [9.17, 15) is 0 Å². The zero-order valence-corrected chi connectivity index (χ0v) is 18.5. The Balaban J connectivity index is 0.00000256. The molecule has 0 aliphatic heterocycles. The molecule has 30 heavy (non-hydrogen) atoms. The SMILES string of the molecule is CCn1c2ccccc2c2cc(CNCCc3ccc(OC)c(OC)c3)ccc21.[Cl-]. The Hall–Kier alpha value is -2.69. The van der Waals surface area contributed by atoms with Gasteiger partial charge in [-0.05, 0) is 61.3 Å². The predicted molar refractivity (Wildman–Crippen MR) is 120 cm³/mol. The minimum absolute atomic E-state index is 0. The smallest absolute Gasteiger partial charge is 0.160 e. The Kier molecular flexibility index (Phi) is 7.24. The summed E-state index contributed by atoms with van der Waals surface area (Å²) >= 11 is 0. The molecule has 0 fully saturated rings. The number of fused-ring (bicyclic) bond motifs is 3. The van der Waals surface area contributed by atoms with Crippen LogP contribution in [0.4, 0.5) is 0 Å². The number of aryl methyl sites for hydroxylation is 1. The summed E-state index contributed by atoms with van der Waals surface area (Å²) in [5.74, 6) is 1.55. The summed E-state index contributed by atoms with van der Waals surface area (Å²) in [5.41, 5.74) is 5.16. The van der Waals surface area contributed by atoms with Gasteiger partial charge in [-0.2, -0.15) is 0 Å². The number of hydrogen-bond acceptors (Lipinski definition) is 3. The molecule has 0 saturated heterocycles. The number of rotatable bonds is 8. The maximum Gasteiger partial charge on any atom is 0.160 e. The van der Waals surface area contributed by atoms with Crippen LogP contribution in [0.2, 0.25) is 0 Å². The van der Waals surface area contributed by atoms with Crippen molar-refractivity contribution >= 4 is 21.8 Å². The topological polar surface area (TPSA) is 35.4 Å². The first kappa shape index (κ1) is 22.0. The number of methoxy groups -OCH3 is 2. The lowest BCUT2D eigenvalue weighted by molar-refractivity contribution is -0.00000639. The molecular formula is C25H28ClN2O2-. The number of nitrogens with zero attached hydrogens (tertiary/aromatic N) is 1. The highest BCUT2D eigenvalue weighted by Crippen LogP contribution is 2.30. The molecule has 0 bridgehead atoms. The van der Waals surface area contributed by atoms with Crippen LogP contribution in [0.5, 0.6) is 11.5 Å². The van der Waals surface area contributed by atoms with Crippen molar-refractivity contribution in [2.45, 2.75) is 26.4 Å². The van der Waals surface area contributed by atoms with Crippen LogP contribution in [-0.4, -0.2) is 25.3 Å². The van der Waals surface area contributed by atoms with Gasteiger partial charge >= 0.3 is 0 Å². The summed E-state index contributed by atoms with van der Waals surface area (Å²) in [4.78, 5) is 0. The highest BCUT2D eigenvalue weighted by atomic mass is 35.5. The zero-order valence-electron chi connectivity index (χ0n) is 17.7. The molecule has 4 rings (SSSR count). The molecule has 4 nitrogen and oxygen atoms in total. The summed E-state index contributed by atoms with van der Waals surface area (Å²) in [5, 5.41) is 6.24. The molecule has 0 spiro atoms. The molecule has 0 radical (unpaired) electrons. The van der Waals surface area contributed by atoms with Crippen LogP contribution in [0.15, 0.2) is 60.7 Å². The van der Waals surface area contributed by atoms with Crippen molar-refractivity contribution in [3.63, 3.8) is 0 Å². The van der Waals surface area contributed by atoms with Gasteiger partial charge in [0.05, 0.1) is 14.2 Å². The maximum atomic E-state index is 5.39. The number of nitrogens with one attached hydrogen (secondary N) is 1. The maximum absolute atomic E-state index is 5.39. The summed E-state index contributed by atoms with van der Waals surface area (Å²) in [6.07, 6.45) is 0.942. The molecule has 3 aromatic carbocycles. The Morgan fingerprint density at radius 1 is 0.800 bits per heavy atom. The summed E-state index contributed by atoms with van der Waals surface area (Å²) in [7, 11) is 3.33. The molecule has 0 saturated carbocycles. The van der Waals surface area contributed by atoms with Gasteiger partial charge in [0.2, 0.25) is 0 Å². The first-order valence-corrected chi connectivity index (χ1v) is 10.2. The Morgan fingerprint density at radius 2 is 1.53 bits per heavy atom. The fraction of sp³-hybridized carbons (Fsp3) is 0.280. The van der Waals surface area contributed by atoms with Crippen molar-refractivity contribution in [3.8, 4) is 11.5 Å². The number of para-hydroxylation sites is 1. The Labute approximate surface area is 184 Å². The lowest BCUT2D eigenvalue weighted by Crippen LogP contribution is -3.00. The van der Waals surface area contributed by atoms with E-state index in [0.717, 1.165) is 37.6 Å². The normalized spacial score (nSPS) is 10.9. The van der Waals surface area contributed by atoms with E-state index in [0.29, 0.717) is 0 Å². The van der Waals surface area contributed by atoms with Gasteiger partial charge in [0, 0.05) is 34.9 Å². The van der Waals surface area contributed by atoms with E-state index in [1.54, 1.807) is 14.2 Å². The van der Waals surface area contributed by atoms with Crippen LogP contribution in [0.25, 0.3) is 21.8 Å². The van der Waals surface area contributed by atoms with Crippen LogP contribution < -0.4 is 27.2 Å². The Bertz CT molecular complexity index is 1140. The molecule has 1 heterocycles. The van der Waals surface area contributed by atoms with Gasteiger partial charge in [0.15, 0.2) is 11.5 Å². The van der Waals surface area contributed by atoms with Crippen molar-refractivity contribution in [1.29, 1.82) is 0 Å². The van der Waals surface area contributed by atoms with E-state index in [4.69, 9.17) is 9.47 Å². The molecule has 5 heteroatoms. The van der Waals surface area contributed by atoms with Gasteiger partial charge in [-0.25, -0.2) is 0 Å². The van der Waals surface area contributed by atoms with Crippen LogP contribution >= 0.6 is 0 Å². The average molecular weight is 424 g/mol. The predicted octanol–water partition coefficient (Wildman–Crippen LogP) is 2.17. The van der Waals surface area contributed by atoms with Crippen LogP contribution in [-0.2, 0) is 19.5 Å². The van der Waals surface area contributed by atoms with Crippen molar-refractivity contribution < 1.29 is 21.9 Å². The molecule has 0 amide bonds. The van der Waals surface area contributed by atoms with Gasteiger partial charge < -0.3 is 31.8 Å². The highest BCUT2D eigenvalue weighted by molar-refractivity contribution is 6.08. The fourth-order valence-electron chi connectivity index (χ4n) is 4.05. The zero-order chi connectivity index (χ0) is 20.2. The van der Waals surface area contributed by atoms with Gasteiger partial charge in [0.1, 0.15) is 0 Å². The largest absolute Gasteiger partial charge is 1.00 e. The molecule has 1 aromatic heterocycles. The number of benzene rings is 3. The number of ether oxygens (including phenoxy) is 2. The molecular weight excluding hydrogens is 396 g/mol. The standard InChI is InChI=1S/C25H28N2O2.ClH/c1-4-27-22-8-6-5-7-20(22)21-15-19(9-11-23(21)27)17-26-14-13-18-10-12-24(28-2)25(16-18)29-3;/h5-12,15-16,26H,4,13-14,17H2,1-3H3;1H/p-1. The average Bonchev–Trinajstić information content (AvgIpc) is 3.09. The molecule has 1 N–H and O–H groups in total. The third-order valence-corrected chi connectivity index (χ3v) is 5.52. The summed E-state index contributed by atoms with van der Waals surface area (Å²) < 4.78 is 13.1. The van der Waals surface area contributed by atoms with Crippen LogP contribution in [0.3, 0.4) is 0 Å². The molecule has 4 aromatic rings. The van der Waals surface area contributed by atoms with Gasteiger partial charge in [-0.3, -0.25) is 0 Å². The van der Waals surface area contributed by atoms with Gasteiger partial charge in [-0.15, -0.1) is 0 Å². The first-order chi connectivity index (χ1) is 14.2. The van der Waals surface area contributed by atoms with Gasteiger partial charge in [-0.1, -0.05) is 30.3 Å². The summed E-state index contributed by atoms with van der Waals surface area (Å²) in [6.45, 7) is 4.95. The van der Waals surface area contributed by atoms with Crippen molar-refractivity contribution in [2.75, 3.05) is 20.8 Å².